The largest absolute Gasteiger partial charge is 0.492 e. The number of aliphatic carboxylic acids is 1. The molecular formula is C17H23NO4. The second-order valence-corrected chi connectivity index (χ2v) is 6.11. The van der Waals surface area contributed by atoms with Gasteiger partial charge < -0.3 is 14.7 Å². The fraction of sp³-hybridized carbons (Fsp3) is 0.529. The number of rotatable bonds is 5. The highest BCUT2D eigenvalue weighted by atomic mass is 16.5. The van der Waals surface area contributed by atoms with Crippen LogP contribution in [0.5, 0.6) is 5.75 Å². The Balaban J connectivity index is 2.23. The summed E-state index contributed by atoms with van der Waals surface area (Å²) in [6, 6.07) is 3.94. The normalized spacial score (nSPS) is 16.3. The van der Waals surface area contributed by atoms with E-state index in [1.807, 2.05) is 39.8 Å². The number of benzene rings is 1. The molecule has 1 heterocycles. The quantitative estimate of drug-likeness (QED) is 0.907. The molecule has 1 aliphatic rings. The van der Waals surface area contributed by atoms with Gasteiger partial charge in [0, 0.05) is 18.2 Å². The Morgan fingerprint density at radius 1 is 1.32 bits per heavy atom. The van der Waals surface area contributed by atoms with E-state index in [4.69, 9.17) is 9.84 Å². The molecule has 1 amide bonds. The summed E-state index contributed by atoms with van der Waals surface area (Å²) in [6.45, 7) is 8.38. The zero-order chi connectivity index (χ0) is 16.4. The van der Waals surface area contributed by atoms with Crippen LogP contribution in [0.4, 0.5) is 0 Å². The summed E-state index contributed by atoms with van der Waals surface area (Å²) in [5, 5.41) is 8.85. The number of nitrogens with zero attached hydrogens (tertiary/aromatic N) is 1. The summed E-state index contributed by atoms with van der Waals surface area (Å²) in [7, 11) is 0. The van der Waals surface area contributed by atoms with Crippen molar-refractivity contribution < 1.29 is 19.4 Å². The van der Waals surface area contributed by atoms with Crippen LogP contribution in [0.3, 0.4) is 0 Å². The first-order valence-electron chi connectivity index (χ1n) is 7.57. The number of hydrogen-bond acceptors (Lipinski definition) is 3. The highest BCUT2D eigenvalue weighted by Gasteiger charge is 2.34. The van der Waals surface area contributed by atoms with E-state index in [2.05, 4.69) is 0 Å². The fourth-order valence-electron chi connectivity index (χ4n) is 2.72. The van der Waals surface area contributed by atoms with Crippen molar-refractivity contribution in [3.05, 3.63) is 28.8 Å². The summed E-state index contributed by atoms with van der Waals surface area (Å²) in [5.74, 6) is -0.528. The molecule has 5 nitrogen and oxygen atoms in total. The minimum Gasteiger partial charge on any atom is -0.492 e. The standard InChI is InChI=1S/C17H23NO4/c1-10(2)18(6-5-16(19)20)17(21)14-9-22-15-8-12(4)11(3)7-13(14)15/h7-8,10,14H,5-6,9H2,1-4H3,(H,19,20). The first-order chi connectivity index (χ1) is 10.3. The van der Waals surface area contributed by atoms with Crippen molar-refractivity contribution in [2.24, 2.45) is 0 Å². The maximum atomic E-state index is 12.8. The van der Waals surface area contributed by atoms with E-state index in [-0.39, 0.29) is 30.8 Å². The number of ether oxygens (including phenoxy) is 1. The fourth-order valence-corrected chi connectivity index (χ4v) is 2.72. The van der Waals surface area contributed by atoms with Gasteiger partial charge in [0.1, 0.15) is 18.3 Å². The van der Waals surface area contributed by atoms with Crippen LogP contribution in [-0.2, 0) is 9.59 Å². The van der Waals surface area contributed by atoms with Crippen molar-refractivity contribution in [2.75, 3.05) is 13.2 Å². The Morgan fingerprint density at radius 3 is 2.55 bits per heavy atom. The Kier molecular flexibility index (Phi) is 4.74. The number of carbonyl (C=O) groups excluding carboxylic acids is 1. The minimum absolute atomic E-state index is 0.0394. The predicted octanol–water partition coefficient (Wildman–Crippen LogP) is 2.49. The molecule has 1 unspecified atom stereocenters. The maximum Gasteiger partial charge on any atom is 0.305 e. The van der Waals surface area contributed by atoms with Gasteiger partial charge in [-0.05, 0) is 44.9 Å². The summed E-state index contributed by atoms with van der Waals surface area (Å²) in [5.41, 5.74) is 3.18. The highest BCUT2D eigenvalue weighted by Crippen LogP contribution is 2.37. The van der Waals surface area contributed by atoms with Gasteiger partial charge >= 0.3 is 5.97 Å². The summed E-state index contributed by atoms with van der Waals surface area (Å²) in [4.78, 5) is 25.2. The summed E-state index contributed by atoms with van der Waals surface area (Å²) in [6.07, 6.45) is -0.0444. The third-order valence-electron chi connectivity index (χ3n) is 4.18. The Hall–Kier alpha value is -2.04. The van der Waals surface area contributed by atoms with Gasteiger partial charge in [-0.15, -0.1) is 0 Å². The van der Waals surface area contributed by atoms with Crippen molar-refractivity contribution in [3.8, 4) is 5.75 Å². The van der Waals surface area contributed by atoms with Gasteiger partial charge in [-0.25, -0.2) is 0 Å². The molecule has 0 spiro atoms. The van der Waals surface area contributed by atoms with E-state index in [1.165, 1.54) is 0 Å². The first-order valence-corrected chi connectivity index (χ1v) is 7.57. The van der Waals surface area contributed by atoms with Crippen LogP contribution < -0.4 is 4.74 Å². The third kappa shape index (κ3) is 3.24. The Morgan fingerprint density at radius 2 is 1.95 bits per heavy atom. The maximum absolute atomic E-state index is 12.8. The average molecular weight is 305 g/mol. The van der Waals surface area contributed by atoms with Crippen LogP contribution in [0.25, 0.3) is 0 Å². The zero-order valence-electron chi connectivity index (χ0n) is 13.5. The molecule has 1 N–H and O–H groups in total. The van der Waals surface area contributed by atoms with E-state index in [9.17, 15) is 9.59 Å². The number of carboxylic acid groups (broad SMARTS) is 1. The first kappa shape index (κ1) is 16.3. The number of carboxylic acids is 1. The van der Waals surface area contributed by atoms with E-state index < -0.39 is 5.97 Å². The van der Waals surface area contributed by atoms with Gasteiger partial charge in [0.25, 0.3) is 0 Å². The van der Waals surface area contributed by atoms with Gasteiger partial charge in [-0.1, -0.05) is 6.07 Å². The lowest BCUT2D eigenvalue weighted by molar-refractivity contribution is -0.139. The third-order valence-corrected chi connectivity index (χ3v) is 4.18. The molecular weight excluding hydrogens is 282 g/mol. The molecule has 1 aromatic carbocycles. The lowest BCUT2D eigenvalue weighted by Crippen LogP contribution is -2.41. The van der Waals surface area contributed by atoms with Crippen LogP contribution in [0, 0.1) is 13.8 Å². The van der Waals surface area contributed by atoms with E-state index >= 15 is 0 Å². The number of fused-ring (bicyclic) bond motifs is 1. The van der Waals surface area contributed by atoms with Gasteiger partial charge in [-0.3, -0.25) is 9.59 Å². The van der Waals surface area contributed by atoms with Gasteiger partial charge in [-0.2, -0.15) is 0 Å². The minimum atomic E-state index is -0.895. The molecule has 22 heavy (non-hydrogen) atoms. The SMILES string of the molecule is Cc1cc2c(cc1C)C(C(=O)N(CCC(=O)O)C(C)C)CO2. The topological polar surface area (TPSA) is 66.8 Å². The van der Waals surface area contributed by atoms with E-state index in [1.54, 1.807) is 4.90 Å². The molecule has 1 atom stereocenters. The molecule has 0 saturated carbocycles. The highest BCUT2D eigenvalue weighted by molar-refractivity contribution is 5.86. The Bertz CT molecular complexity index is 595. The van der Waals surface area contributed by atoms with Crippen molar-refractivity contribution >= 4 is 11.9 Å². The monoisotopic (exact) mass is 305 g/mol. The molecule has 120 valence electrons. The molecule has 0 fully saturated rings. The molecule has 2 rings (SSSR count). The molecule has 0 saturated heterocycles. The molecule has 0 radical (unpaired) electrons. The van der Waals surface area contributed by atoms with Crippen molar-refractivity contribution in [1.82, 2.24) is 4.90 Å². The molecule has 0 aromatic heterocycles. The molecule has 0 bridgehead atoms. The molecule has 5 heteroatoms. The number of amides is 1. The summed E-state index contributed by atoms with van der Waals surface area (Å²) >= 11 is 0. The smallest absolute Gasteiger partial charge is 0.305 e. The van der Waals surface area contributed by atoms with E-state index in [0.29, 0.717) is 6.61 Å². The number of carbonyl (C=O) groups is 2. The second-order valence-electron chi connectivity index (χ2n) is 6.11. The van der Waals surface area contributed by atoms with Crippen molar-refractivity contribution in [2.45, 2.75) is 46.1 Å². The van der Waals surface area contributed by atoms with Gasteiger partial charge in [0.05, 0.1) is 6.42 Å². The van der Waals surface area contributed by atoms with Gasteiger partial charge in [0.2, 0.25) is 5.91 Å². The summed E-state index contributed by atoms with van der Waals surface area (Å²) < 4.78 is 5.66. The number of aryl methyl sites for hydroxylation is 2. The van der Waals surface area contributed by atoms with Crippen LogP contribution in [0.1, 0.15) is 42.9 Å². The van der Waals surface area contributed by atoms with Crippen LogP contribution in [0.15, 0.2) is 12.1 Å². The predicted molar refractivity (Wildman–Crippen MR) is 83.3 cm³/mol. The Labute approximate surface area is 130 Å². The number of hydrogen-bond donors (Lipinski definition) is 1. The van der Waals surface area contributed by atoms with Gasteiger partial charge in [0.15, 0.2) is 0 Å². The van der Waals surface area contributed by atoms with Crippen molar-refractivity contribution in [1.29, 1.82) is 0 Å². The molecule has 1 aromatic rings. The van der Waals surface area contributed by atoms with Crippen LogP contribution in [0.2, 0.25) is 0 Å². The second kappa shape index (κ2) is 6.38. The van der Waals surface area contributed by atoms with E-state index in [0.717, 1.165) is 22.4 Å². The zero-order valence-corrected chi connectivity index (χ0v) is 13.5. The van der Waals surface area contributed by atoms with Crippen LogP contribution >= 0.6 is 0 Å². The van der Waals surface area contributed by atoms with Crippen molar-refractivity contribution in [3.63, 3.8) is 0 Å². The molecule has 0 aliphatic carbocycles. The van der Waals surface area contributed by atoms with Crippen LogP contribution in [-0.4, -0.2) is 41.1 Å². The molecule has 1 aliphatic heterocycles. The average Bonchev–Trinajstić information content (AvgIpc) is 2.81. The lowest BCUT2D eigenvalue weighted by atomic mass is 9.95. The lowest BCUT2D eigenvalue weighted by Gasteiger charge is -2.28.